The van der Waals surface area contributed by atoms with Crippen LogP contribution in [0, 0.1) is 34.3 Å². The molecule has 0 spiro atoms. The molecule has 2 saturated carbocycles. The summed E-state index contributed by atoms with van der Waals surface area (Å²) >= 11 is 0. The van der Waals surface area contributed by atoms with Crippen molar-refractivity contribution in [3.8, 4) is 0 Å². The maximum Gasteiger partial charge on any atom is 0.337 e. The zero-order valence-electron chi connectivity index (χ0n) is 19.3. The number of hydrogen-bond donors (Lipinski definition) is 0. The molecule has 0 aromatic heterocycles. The van der Waals surface area contributed by atoms with E-state index in [9.17, 15) is 18.4 Å². The van der Waals surface area contributed by atoms with Gasteiger partial charge in [0.15, 0.2) is 5.82 Å². The van der Waals surface area contributed by atoms with Crippen LogP contribution in [0.15, 0.2) is 42.5 Å². The summed E-state index contributed by atoms with van der Waals surface area (Å²) in [5.41, 5.74) is 1.23. The number of hydrogen-bond acceptors (Lipinski definition) is 4. The fourth-order valence-electron chi connectivity index (χ4n) is 6.68. The zero-order chi connectivity index (χ0) is 23.7. The van der Waals surface area contributed by atoms with Crippen molar-refractivity contribution >= 4 is 17.6 Å². The first-order valence-corrected chi connectivity index (χ1v) is 11.3. The van der Waals surface area contributed by atoms with Gasteiger partial charge in [-0.2, -0.15) is 0 Å². The first kappa shape index (κ1) is 22.0. The Hall–Kier alpha value is -2.80. The second-order valence-electron chi connectivity index (χ2n) is 10.3. The SMILES string of the molecule is COC(=O)c1ccc(CN2C3C(C(=O)N2c2ccc(F)cc2F)[C@@H]2CC[C@@]3(C)C2(C)C)cc1. The molecule has 33 heavy (non-hydrogen) atoms. The number of nitrogens with zero attached hydrogens (tertiary/aromatic N) is 2. The lowest BCUT2D eigenvalue weighted by molar-refractivity contribution is -0.122. The van der Waals surface area contributed by atoms with E-state index in [2.05, 4.69) is 20.8 Å². The normalized spacial score (nSPS) is 30.1. The topological polar surface area (TPSA) is 49.9 Å². The number of benzene rings is 2. The second-order valence-corrected chi connectivity index (χ2v) is 10.3. The molecule has 1 heterocycles. The molecule has 2 aromatic carbocycles. The molecule has 5 nitrogen and oxygen atoms in total. The average Bonchev–Trinajstić information content (AvgIpc) is 3.26. The quantitative estimate of drug-likeness (QED) is 0.613. The number of ether oxygens (including phenoxy) is 1. The molecule has 1 aliphatic heterocycles. The Morgan fingerprint density at radius 3 is 2.45 bits per heavy atom. The fraction of sp³-hybridized carbons (Fsp3) is 0.462. The summed E-state index contributed by atoms with van der Waals surface area (Å²) in [4.78, 5) is 25.6. The van der Waals surface area contributed by atoms with Crippen molar-refractivity contribution in [3.63, 3.8) is 0 Å². The molecular weight excluding hydrogens is 426 g/mol. The zero-order valence-corrected chi connectivity index (χ0v) is 19.3. The summed E-state index contributed by atoms with van der Waals surface area (Å²) in [6.45, 7) is 7.08. The van der Waals surface area contributed by atoms with E-state index < -0.39 is 17.6 Å². The van der Waals surface area contributed by atoms with E-state index in [-0.39, 0.29) is 40.3 Å². The minimum absolute atomic E-state index is 0.0293. The molecule has 3 aliphatic rings. The highest BCUT2D eigenvalue weighted by molar-refractivity contribution is 5.98. The fourth-order valence-corrected chi connectivity index (χ4v) is 6.68. The smallest absolute Gasteiger partial charge is 0.337 e. The van der Waals surface area contributed by atoms with Gasteiger partial charge in [0, 0.05) is 18.7 Å². The number of carbonyl (C=O) groups is 2. The largest absolute Gasteiger partial charge is 0.465 e. The summed E-state index contributed by atoms with van der Waals surface area (Å²) < 4.78 is 33.3. The molecule has 4 atom stereocenters. The van der Waals surface area contributed by atoms with Crippen molar-refractivity contribution < 1.29 is 23.1 Å². The average molecular weight is 455 g/mol. The van der Waals surface area contributed by atoms with E-state index in [0.29, 0.717) is 12.1 Å². The van der Waals surface area contributed by atoms with Gasteiger partial charge in [0.25, 0.3) is 0 Å². The third kappa shape index (κ3) is 2.98. The van der Waals surface area contributed by atoms with Crippen LogP contribution in [-0.2, 0) is 16.1 Å². The minimum Gasteiger partial charge on any atom is -0.465 e. The Bertz CT molecular complexity index is 1130. The molecule has 1 amide bonds. The highest BCUT2D eigenvalue weighted by atomic mass is 19.1. The number of methoxy groups -OCH3 is 1. The second kappa shape index (κ2) is 7.35. The maximum atomic E-state index is 14.9. The Labute approximate surface area is 192 Å². The van der Waals surface area contributed by atoms with Crippen molar-refractivity contribution in [2.75, 3.05) is 12.1 Å². The van der Waals surface area contributed by atoms with Gasteiger partial charge in [0.1, 0.15) is 5.82 Å². The Morgan fingerprint density at radius 1 is 1.12 bits per heavy atom. The molecule has 2 bridgehead atoms. The number of amides is 1. The van der Waals surface area contributed by atoms with Crippen molar-refractivity contribution in [2.24, 2.45) is 22.7 Å². The highest BCUT2D eigenvalue weighted by Gasteiger charge is 2.73. The van der Waals surface area contributed by atoms with E-state index in [1.54, 1.807) is 12.1 Å². The molecule has 0 N–H and O–H groups in total. The van der Waals surface area contributed by atoms with Crippen LogP contribution in [0.5, 0.6) is 0 Å². The van der Waals surface area contributed by atoms with E-state index in [1.807, 2.05) is 17.1 Å². The Kier molecular flexibility index (Phi) is 4.90. The highest BCUT2D eigenvalue weighted by Crippen LogP contribution is 2.71. The van der Waals surface area contributed by atoms with E-state index in [0.717, 1.165) is 24.5 Å². The van der Waals surface area contributed by atoms with Gasteiger partial charge in [-0.05, 0) is 59.4 Å². The van der Waals surface area contributed by atoms with Crippen molar-refractivity contribution in [1.29, 1.82) is 0 Å². The number of rotatable bonds is 4. The van der Waals surface area contributed by atoms with Crippen LogP contribution in [0.2, 0.25) is 0 Å². The van der Waals surface area contributed by atoms with Gasteiger partial charge >= 0.3 is 5.97 Å². The standard InChI is InChI=1S/C26H28F2N2O3/c1-25(2)18-11-12-26(25,3)22-21(18)23(31)30(20-10-9-17(27)13-19(20)28)29(22)14-15-5-7-16(8-6-15)24(32)33-4/h5-10,13,18,21-22H,11-12,14H2,1-4H3/t18-,21?,22?,26+/m0/s1. The molecule has 1 saturated heterocycles. The predicted molar refractivity (Wildman–Crippen MR) is 119 cm³/mol. The molecule has 2 aliphatic carbocycles. The van der Waals surface area contributed by atoms with Crippen LogP contribution in [0.25, 0.3) is 0 Å². The van der Waals surface area contributed by atoms with Crippen molar-refractivity contribution in [3.05, 3.63) is 65.2 Å². The number of anilines is 1. The summed E-state index contributed by atoms with van der Waals surface area (Å²) in [6.07, 6.45) is 1.97. The number of hydrazine groups is 1. The van der Waals surface area contributed by atoms with Crippen LogP contribution in [0.4, 0.5) is 14.5 Å². The number of halogens is 2. The molecule has 174 valence electrons. The summed E-state index contributed by atoms with van der Waals surface area (Å²) in [5, 5.41) is 3.40. The lowest BCUT2D eigenvalue weighted by atomic mass is 9.69. The van der Waals surface area contributed by atoms with Crippen LogP contribution >= 0.6 is 0 Å². The first-order valence-electron chi connectivity index (χ1n) is 11.3. The summed E-state index contributed by atoms with van der Waals surface area (Å²) in [6, 6.07) is 10.3. The van der Waals surface area contributed by atoms with E-state index in [1.165, 1.54) is 24.3 Å². The van der Waals surface area contributed by atoms with Gasteiger partial charge in [-0.3, -0.25) is 4.79 Å². The number of esters is 1. The lowest BCUT2D eigenvalue weighted by Gasteiger charge is -2.44. The van der Waals surface area contributed by atoms with E-state index >= 15 is 0 Å². The molecule has 0 radical (unpaired) electrons. The van der Waals surface area contributed by atoms with Crippen molar-refractivity contribution in [1.82, 2.24) is 5.01 Å². The summed E-state index contributed by atoms with van der Waals surface area (Å²) in [5.74, 6) is -2.02. The van der Waals surface area contributed by atoms with Gasteiger partial charge in [-0.25, -0.2) is 23.6 Å². The summed E-state index contributed by atoms with van der Waals surface area (Å²) in [7, 11) is 1.33. The third-order valence-corrected chi connectivity index (χ3v) is 8.73. The van der Waals surface area contributed by atoms with Crippen LogP contribution in [-0.4, -0.2) is 30.0 Å². The van der Waals surface area contributed by atoms with E-state index in [4.69, 9.17) is 4.74 Å². The molecule has 5 rings (SSSR count). The molecular formula is C26H28F2N2O3. The Morgan fingerprint density at radius 2 is 1.82 bits per heavy atom. The van der Waals surface area contributed by atoms with Crippen LogP contribution in [0.1, 0.15) is 49.5 Å². The van der Waals surface area contributed by atoms with Gasteiger partial charge in [-0.1, -0.05) is 32.9 Å². The number of carbonyl (C=O) groups excluding carboxylic acids is 2. The van der Waals surface area contributed by atoms with Gasteiger partial charge in [0.05, 0.1) is 24.3 Å². The van der Waals surface area contributed by atoms with Crippen molar-refractivity contribution in [2.45, 2.75) is 46.2 Å². The van der Waals surface area contributed by atoms with Gasteiger partial charge in [-0.15, -0.1) is 0 Å². The maximum absolute atomic E-state index is 14.9. The lowest BCUT2D eigenvalue weighted by Crippen LogP contribution is -2.50. The number of fused-ring (bicyclic) bond motifs is 5. The van der Waals surface area contributed by atoms with Crippen LogP contribution < -0.4 is 5.01 Å². The Balaban J connectivity index is 1.58. The monoisotopic (exact) mass is 454 g/mol. The first-order chi connectivity index (χ1) is 15.6. The van der Waals surface area contributed by atoms with Gasteiger partial charge < -0.3 is 4.74 Å². The molecule has 2 unspecified atom stereocenters. The molecule has 7 heteroatoms. The minimum atomic E-state index is -0.758. The molecule has 2 aromatic rings. The third-order valence-electron chi connectivity index (χ3n) is 8.73. The molecule has 3 fully saturated rings. The predicted octanol–water partition coefficient (Wildman–Crippen LogP) is 4.96. The van der Waals surface area contributed by atoms with Gasteiger partial charge in [0.2, 0.25) is 5.91 Å². The van der Waals surface area contributed by atoms with Crippen LogP contribution in [0.3, 0.4) is 0 Å².